The zero-order chi connectivity index (χ0) is 21.1. The number of pyridine rings is 1. The van der Waals surface area contributed by atoms with Gasteiger partial charge in [0, 0.05) is 23.9 Å². The lowest BCUT2D eigenvalue weighted by Crippen LogP contribution is -2.15. The number of aromatic nitrogens is 3. The molecule has 0 fully saturated rings. The molecule has 0 saturated heterocycles. The molecule has 1 N–H and O–H groups in total. The smallest absolute Gasteiger partial charge is 0.337 e. The van der Waals surface area contributed by atoms with Crippen molar-refractivity contribution in [2.45, 2.75) is 20.0 Å². The van der Waals surface area contributed by atoms with Crippen LogP contribution in [-0.4, -0.2) is 22.1 Å². The Bertz CT molecular complexity index is 1310. The number of hydrogen-bond acceptors (Lipinski definition) is 7. The Kier molecular flexibility index (Phi) is 5.30. The molecule has 0 aliphatic heterocycles. The molecule has 152 valence electrons. The predicted molar refractivity (Wildman–Crippen MR) is 111 cm³/mol. The van der Waals surface area contributed by atoms with Crippen LogP contribution in [0.4, 0.5) is 0 Å². The molecule has 30 heavy (non-hydrogen) atoms. The zero-order valence-corrected chi connectivity index (χ0v) is 16.5. The molecule has 0 atom stereocenters. The lowest BCUT2D eigenvalue weighted by atomic mass is 10.1. The summed E-state index contributed by atoms with van der Waals surface area (Å²) >= 11 is 0. The fraction of sp³-hybridized carbons (Fsp3) is 0.182. The van der Waals surface area contributed by atoms with Gasteiger partial charge in [0.1, 0.15) is 12.0 Å². The lowest BCUT2D eigenvalue weighted by Gasteiger charge is -2.08. The third-order valence-corrected chi connectivity index (χ3v) is 4.64. The molecule has 0 saturated carbocycles. The number of nitrogens with one attached hydrogen (secondary N) is 1. The second-order valence-electron chi connectivity index (χ2n) is 6.57. The minimum Gasteiger partial charge on any atom is -0.481 e. The molecule has 0 radical (unpaired) electrons. The first-order valence-electron chi connectivity index (χ1n) is 9.36. The maximum Gasteiger partial charge on any atom is 0.337 e. The molecule has 0 aliphatic carbocycles. The van der Waals surface area contributed by atoms with Crippen LogP contribution in [0, 0.1) is 0 Å². The average Bonchev–Trinajstić information content (AvgIpc) is 2.77. The van der Waals surface area contributed by atoms with Crippen LogP contribution in [-0.2, 0) is 13.0 Å². The highest BCUT2D eigenvalue weighted by atomic mass is 16.5. The van der Waals surface area contributed by atoms with Crippen LogP contribution in [0.3, 0.4) is 0 Å². The molecule has 0 amide bonds. The summed E-state index contributed by atoms with van der Waals surface area (Å²) in [5.41, 5.74) is 2.36. The van der Waals surface area contributed by atoms with E-state index in [-0.39, 0.29) is 23.7 Å². The van der Waals surface area contributed by atoms with E-state index in [1.807, 2.05) is 37.3 Å². The molecular weight excluding hydrogens is 386 g/mol. The van der Waals surface area contributed by atoms with Gasteiger partial charge >= 0.3 is 5.63 Å². The Morgan fingerprint density at radius 3 is 2.70 bits per heavy atom. The Labute approximate surface area is 171 Å². The van der Waals surface area contributed by atoms with Gasteiger partial charge in [-0.1, -0.05) is 25.1 Å². The summed E-state index contributed by atoms with van der Waals surface area (Å²) < 4.78 is 15.8. The highest BCUT2D eigenvalue weighted by molar-refractivity contribution is 5.75. The van der Waals surface area contributed by atoms with Crippen LogP contribution in [0.25, 0.3) is 22.2 Å². The number of nitrogens with zero attached hydrogens (tertiary/aromatic N) is 2. The standard InChI is InChI=1S/C22H19N3O5/c1-3-14-10-18(26)30-21-19(14)20(27)24-22(25-21)29-12-13-5-4-6-15(9-13)16-7-8-17(28-2)23-11-16/h4-11H,3,12H2,1-2H3,(H,24,25,27). The summed E-state index contributed by atoms with van der Waals surface area (Å²) in [5.74, 6) is 0.544. The fourth-order valence-corrected chi connectivity index (χ4v) is 3.14. The summed E-state index contributed by atoms with van der Waals surface area (Å²) in [6, 6.07) is 12.7. The normalized spacial score (nSPS) is 10.9. The van der Waals surface area contributed by atoms with Gasteiger partial charge in [0.05, 0.1) is 7.11 Å². The number of ether oxygens (including phenoxy) is 2. The molecule has 4 aromatic rings. The average molecular weight is 405 g/mol. The van der Waals surface area contributed by atoms with Gasteiger partial charge in [-0.15, -0.1) is 0 Å². The van der Waals surface area contributed by atoms with Crippen molar-refractivity contribution < 1.29 is 13.9 Å². The Hall–Kier alpha value is -3.94. The number of benzene rings is 1. The maximum absolute atomic E-state index is 12.4. The molecule has 3 heterocycles. The highest BCUT2D eigenvalue weighted by Crippen LogP contribution is 2.22. The van der Waals surface area contributed by atoms with Crippen molar-refractivity contribution in [2.24, 2.45) is 0 Å². The van der Waals surface area contributed by atoms with Crippen LogP contribution in [0.1, 0.15) is 18.1 Å². The van der Waals surface area contributed by atoms with Gasteiger partial charge in [-0.05, 0) is 35.2 Å². The van der Waals surface area contributed by atoms with Crippen LogP contribution in [0.15, 0.2) is 62.7 Å². The van der Waals surface area contributed by atoms with Crippen molar-refractivity contribution in [3.05, 3.63) is 80.6 Å². The fourth-order valence-electron chi connectivity index (χ4n) is 3.14. The van der Waals surface area contributed by atoms with Gasteiger partial charge < -0.3 is 13.9 Å². The molecule has 8 heteroatoms. The number of rotatable bonds is 6. The monoisotopic (exact) mass is 405 g/mol. The quantitative estimate of drug-likeness (QED) is 0.525. The predicted octanol–water partition coefficient (Wildman–Crippen LogP) is 3.09. The summed E-state index contributed by atoms with van der Waals surface area (Å²) in [6.07, 6.45) is 2.24. The minimum atomic E-state index is -0.552. The van der Waals surface area contributed by atoms with Gasteiger partial charge in [-0.3, -0.25) is 9.78 Å². The summed E-state index contributed by atoms with van der Waals surface area (Å²) in [7, 11) is 1.57. The van der Waals surface area contributed by atoms with E-state index in [0.29, 0.717) is 17.9 Å². The molecule has 0 unspecified atom stereocenters. The number of aryl methyl sites for hydroxylation is 1. The number of methoxy groups -OCH3 is 1. The van der Waals surface area contributed by atoms with Crippen molar-refractivity contribution in [3.8, 4) is 23.0 Å². The maximum atomic E-state index is 12.4. The third kappa shape index (κ3) is 3.93. The van der Waals surface area contributed by atoms with E-state index >= 15 is 0 Å². The molecule has 3 aromatic heterocycles. The van der Waals surface area contributed by atoms with E-state index in [9.17, 15) is 9.59 Å². The first-order valence-corrected chi connectivity index (χ1v) is 9.36. The van der Waals surface area contributed by atoms with E-state index < -0.39 is 11.2 Å². The van der Waals surface area contributed by atoms with Gasteiger partial charge in [0.15, 0.2) is 0 Å². The van der Waals surface area contributed by atoms with Crippen LogP contribution >= 0.6 is 0 Å². The second-order valence-corrected chi connectivity index (χ2v) is 6.57. The molecule has 0 bridgehead atoms. The topological polar surface area (TPSA) is 107 Å². The van der Waals surface area contributed by atoms with Crippen LogP contribution < -0.4 is 20.7 Å². The van der Waals surface area contributed by atoms with Gasteiger partial charge in [-0.25, -0.2) is 9.78 Å². The molecule has 4 rings (SSSR count). The first-order chi connectivity index (χ1) is 14.6. The highest BCUT2D eigenvalue weighted by Gasteiger charge is 2.12. The van der Waals surface area contributed by atoms with Crippen LogP contribution in [0.5, 0.6) is 11.9 Å². The van der Waals surface area contributed by atoms with Crippen LogP contribution in [0.2, 0.25) is 0 Å². The third-order valence-electron chi connectivity index (χ3n) is 4.64. The first kappa shape index (κ1) is 19.4. The van der Waals surface area contributed by atoms with Crippen molar-refractivity contribution in [3.63, 3.8) is 0 Å². The summed E-state index contributed by atoms with van der Waals surface area (Å²) in [5, 5.41) is 0.262. The number of fused-ring (bicyclic) bond motifs is 1. The SMILES string of the molecule is CCc1cc(=O)oc2nc(OCc3cccc(-c4ccc(OC)nc4)c3)[nH]c(=O)c12. The van der Waals surface area contributed by atoms with Crippen molar-refractivity contribution in [1.82, 2.24) is 15.0 Å². The summed E-state index contributed by atoms with van der Waals surface area (Å²) in [6.45, 7) is 2.02. The van der Waals surface area contributed by atoms with Gasteiger partial charge in [-0.2, -0.15) is 4.98 Å². The van der Waals surface area contributed by atoms with E-state index in [0.717, 1.165) is 16.7 Å². The lowest BCUT2D eigenvalue weighted by molar-refractivity contribution is 0.279. The van der Waals surface area contributed by atoms with Gasteiger partial charge in [0.25, 0.3) is 11.6 Å². The number of H-pyrrole nitrogens is 1. The van der Waals surface area contributed by atoms with Crippen molar-refractivity contribution >= 4 is 11.1 Å². The Morgan fingerprint density at radius 2 is 1.97 bits per heavy atom. The molecule has 0 aliphatic rings. The second kappa shape index (κ2) is 8.20. The van der Waals surface area contributed by atoms with Gasteiger partial charge in [0.2, 0.25) is 11.6 Å². The van der Waals surface area contributed by atoms with E-state index in [2.05, 4.69) is 15.0 Å². The Morgan fingerprint density at radius 1 is 1.10 bits per heavy atom. The van der Waals surface area contributed by atoms with Crippen molar-refractivity contribution in [1.29, 1.82) is 0 Å². The largest absolute Gasteiger partial charge is 0.481 e. The molecular formula is C22H19N3O5. The van der Waals surface area contributed by atoms with E-state index in [1.54, 1.807) is 19.4 Å². The molecule has 8 nitrogen and oxygen atoms in total. The van der Waals surface area contributed by atoms with E-state index in [1.165, 1.54) is 6.07 Å². The molecule has 1 aromatic carbocycles. The number of hydrogen-bond donors (Lipinski definition) is 1. The summed E-state index contributed by atoms with van der Waals surface area (Å²) in [4.78, 5) is 35.1. The molecule has 0 spiro atoms. The van der Waals surface area contributed by atoms with Crippen molar-refractivity contribution in [2.75, 3.05) is 7.11 Å². The van der Waals surface area contributed by atoms with E-state index in [4.69, 9.17) is 13.9 Å². The zero-order valence-electron chi connectivity index (χ0n) is 16.5. The Balaban J connectivity index is 1.58. The number of aromatic amines is 1. The minimum absolute atomic E-state index is 0.0135.